The van der Waals surface area contributed by atoms with Gasteiger partial charge in [0.25, 0.3) is 5.91 Å². The maximum absolute atomic E-state index is 13.1. The highest BCUT2D eigenvalue weighted by molar-refractivity contribution is 6.31. The van der Waals surface area contributed by atoms with Crippen LogP contribution in [0.1, 0.15) is 21.5 Å². The second-order valence-electron chi connectivity index (χ2n) is 5.51. The number of aryl methyl sites for hydroxylation is 1. The quantitative estimate of drug-likeness (QED) is 0.679. The van der Waals surface area contributed by atoms with Crippen LogP contribution in [0, 0.1) is 6.92 Å². The Morgan fingerprint density at radius 3 is 2.46 bits per heavy atom. The van der Waals surface area contributed by atoms with Crippen molar-refractivity contribution >= 4 is 23.2 Å². The third-order valence-electron chi connectivity index (χ3n) is 3.85. The highest BCUT2D eigenvalue weighted by atomic mass is 35.5. The summed E-state index contributed by atoms with van der Waals surface area (Å²) in [5, 5.41) is 0.651. The Hall–Kier alpha value is -2.65. The maximum atomic E-state index is 13.1. The normalized spacial score (nSPS) is 10.4. The number of benzene rings is 2. The van der Waals surface area contributed by atoms with E-state index in [1.807, 2.05) is 61.5 Å². The van der Waals surface area contributed by atoms with Gasteiger partial charge >= 0.3 is 0 Å². The van der Waals surface area contributed by atoms with Crippen LogP contribution in [0.4, 0.5) is 5.69 Å². The Bertz CT molecular complexity index is 849. The zero-order valence-corrected chi connectivity index (χ0v) is 14.1. The van der Waals surface area contributed by atoms with Crippen LogP contribution >= 0.6 is 11.6 Å². The Morgan fingerprint density at radius 1 is 1.04 bits per heavy atom. The Kier molecular flexibility index (Phi) is 4.92. The highest BCUT2D eigenvalue weighted by Crippen LogP contribution is 2.24. The molecule has 2 aromatic carbocycles. The van der Waals surface area contributed by atoms with E-state index in [0.717, 1.165) is 16.8 Å². The van der Waals surface area contributed by atoms with Gasteiger partial charge in [0.05, 0.1) is 6.54 Å². The molecule has 1 amide bonds. The second-order valence-corrected chi connectivity index (χ2v) is 5.92. The minimum atomic E-state index is -0.0685. The van der Waals surface area contributed by atoms with E-state index in [-0.39, 0.29) is 5.91 Å². The van der Waals surface area contributed by atoms with Crippen LogP contribution in [0.25, 0.3) is 0 Å². The van der Waals surface area contributed by atoms with Crippen LogP contribution in [-0.2, 0) is 6.54 Å². The number of pyridine rings is 1. The Balaban J connectivity index is 2.01. The Labute approximate surface area is 146 Å². The molecule has 0 spiro atoms. The van der Waals surface area contributed by atoms with Crippen LogP contribution in [0.3, 0.4) is 0 Å². The lowest BCUT2D eigenvalue weighted by Crippen LogP contribution is -2.31. The molecule has 1 heterocycles. The number of halogens is 1. The van der Waals surface area contributed by atoms with Crippen molar-refractivity contribution in [3.05, 3.63) is 94.8 Å². The molecule has 120 valence electrons. The van der Waals surface area contributed by atoms with Crippen molar-refractivity contribution < 1.29 is 4.79 Å². The lowest BCUT2D eigenvalue weighted by molar-refractivity contribution is 0.0984. The predicted octanol–water partition coefficient (Wildman–Crippen LogP) is 4.89. The molecular formula is C20H17ClN2O. The van der Waals surface area contributed by atoms with Gasteiger partial charge in [-0.1, -0.05) is 48.0 Å². The number of hydrogen-bond donors (Lipinski definition) is 0. The van der Waals surface area contributed by atoms with Gasteiger partial charge in [0.1, 0.15) is 0 Å². The van der Waals surface area contributed by atoms with Crippen LogP contribution < -0.4 is 4.90 Å². The van der Waals surface area contributed by atoms with E-state index in [0.29, 0.717) is 17.1 Å². The lowest BCUT2D eigenvalue weighted by atomic mass is 10.1. The van der Waals surface area contributed by atoms with Crippen molar-refractivity contribution in [2.24, 2.45) is 0 Å². The molecule has 3 nitrogen and oxygen atoms in total. The van der Waals surface area contributed by atoms with Gasteiger partial charge in [-0.05, 0) is 42.3 Å². The first-order chi connectivity index (χ1) is 11.7. The minimum Gasteiger partial charge on any atom is -0.304 e. The van der Waals surface area contributed by atoms with Gasteiger partial charge in [0, 0.05) is 28.7 Å². The zero-order valence-electron chi connectivity index (χ0n) is 13.3. The molecule has 3 rings (SSSR count). The molecule has 3 aromatic rings. The van der Waals surface area contributed by atoms with E-state index in [9.17, 15) is 4.79 Å². The number of carbonyl (C=O) groups is 1. The monoisotopic (exact) mass is 336 g/mol. The summed E-state index contributed by atoms with van der Waals surface area (Å²) < 4.78 is 0. The van der Waals surface area contributed by atoms with Crippen LogP contribution in [0.5, 0.6) is 0 Å². The van der Waals surface area contributed by atoms with E-state index in [4.69, 9.17) is 11.6 Å². The molecule has 0 fully saturated rings. The summed E-state index contributed by atoms with van der Waals surface area (Å²) in [5.41, 5.74) is 3.23. The van der Waals surface area contributed by atoms with Crippen LogP contribution in [0.15, 0.2) is 73.1 Å². The molecule has 0 bridgehead atoms. The molecule has 0 aliphatic carbocycles. The largest absolute Gasteiger partial charge is 0.304 e. The average Bonchev–Trinajstić information content (AvgIpc) is 2.62. The third kappa shape index (κ3) is 3.47. The summed E-state index contributed by atoms with van der Waals surface area (Å²) in [7, 11) is 0. The summed E-state index contributed by atoms with van der Waals surface area (Å²) >= 11 is 6.29. The number of amides is 1. The van der Waals surface area contributed by atoms with E-state index >= 15 is 0 Å². The third-order valence-corrected chi connectivity index (χ3v) is 4.22. The van der Waals surface area contributed by atoms with Crippen LogP contribution in [-0.4, -0.2) is 10.9 Å². The zero-order chi connectivity index (χ0) is 16.9. The number of anilines is 1. The number of carbonyl (C=O) groups excluding carboxylic acids is 1. The summed E-state index contributed by atoms with van der Waals surface area (Å²) in [6, 6.07) is 18.9. The summed E-state index contributed by atoms with van der Waals surface area (Å²) in [6.07, 6.45) is 3.34. The van der Waals surface area contributed by atoms with Gasteiger partial charge in [-0.2, -0.15) is 0 Å². The van der Waals surface area contributed by atoms with Crippen molar-refractivity contribution in [2.75, 3.05) is 4.90 Å². The van der Waals surface area contributed by atoms with E-state index in [2.05, 4.69) is 4.98 Å². The second kappa shape index (κ2) is 7.28. The first-order valence-electron chi connectivity index (χ1n) is 7.68. The molecule has 0 N–H and O–H groups in total. The SMILES string of the molecule is Cc1cnccc1C(=O)N(Cc1ccccc1Cl)c1ccccc1. The molecule has 24 heavy (non-hydrogen) atoms. The number of aromatic nitrogens is 1. The number of rotatable bonds is 4. The molecule has 1 aromatic heterocycles. The fourth-order valence-corrected chi connectivity index (χ4v) is 2.74. The average molecular weight is 337 g/mol. The molecule has 0 atom stereocenters. The van der Waals surface area contributed by atoms with Gasteiger partial charge < -0.3 is 4.90 Å². The van der Waals surface area contributed by atoms with Crippen molar-refractivity contribution in [1.82, 2.24) is 4.98 Å². The number of hydrogen-bond acceptors (Lipinski definition) is 2. The molecule has 0 saturated carbocycles. The minimum absolute atomic E-state index is 0.0685. The molecule has 0 aliphatic heterocycles. The molecule has 4 heteroatoms. The van der Waals surface area contributed by atoms with Gasteiger partial charge in [0.2, 0.25) is 0 Å². The molecule has 0 aliphatic rings. The van der Waals surface area contributed by atoms with Gasteiger partial charge in [-0.3, -0.25) is 9.78 Å². The fourth-order valence-electron chi connectivity index (χ4n) is 2.54. The van der Waals surface area contributed by atoms with Gasteiger partial charge in [-0.15, -0.1) is 0 Å². The molecular weight excluding hydrogens is 320 g/mol. The summed E-state index contributed by atoms with van der Waals surface area (Å²) in [4.78, 5) is 18.9. The van der Waals surface area contributed by atoms with E-state index < -0.39 is 0 Å². The van der Waals surface area contributed by atoms with Crippen molar-refractivity contribution in [2.45, 2.75) is 13.5 Å². The molecule has 0 unspecified atom stereocenters. The van der Waals surface area contributed by atoms with Crippen molar-refractivity contribution in [1.29, 1.82) is 0 Å². The Morgan fingerprint density at radius 2 is 1.75 bits per heavy atom. The first-order valence-corrected chi connectivity index (χ1v) is 8.05. The molecule has 0 radical (unpaired) electrons. The van der Waals surface area contributed by atoms with E-state index in [1.165, 1.54) is 0 Å². The number of para-hydroxylation sites is 1. The standard InChI is InChI=1S/C20H17ClN2O/c1-15-13-22-12-11-18(15)20(24)23(17-8-3-2-4-9-17)14-16-7-5-6-10-19(16)21/h2-13H,14H2,1H3. The summed E-state index contributed by atoms with van der Waals surface area (Å²) in [5.74, 6) is -0.0685. The van der Waals surface area contributed by atoms with Gasteiger partial charge in [0.15, 0.2) is 0 Å². The molecule has 0 saturated heterocycles. The lowest BCUT2D eigenvalue weighted by Gasteiger charge is -2.24. The van der Waals surface area contributed by atoms with Gasteiger partial charge in [-0.25, -0.2) is 0 Å². The maximum Gasteiger partial charge on any atom is 0.258 e. The topological polar surface area (TPSA) is 33.2 Å². The predicted molar refractivity (Wildman–Crippen MR) is 97.4 cm³/mol. The first kappa shape index (κ1) is 16.2. The van der Waals surface area contributed by atoms with Crippen molar-refractivity contribution in [3.8, 4) is 0 Å². The fraction of sp³-hybridized carbons (Fsp3) is 0.100. The van der Waals surface area contributed by atoms with Crippen molar-refractivity contribution in [3.63, 3.8) is 0 Å². The summed E-state index contributed by atoms with van der Waals surface area (Å²) in [6.45, 7) is 2.29. The number of nitrogens with zero attached hydrogens (tertiary/aromatic N) is 2. The van der Waals surface area contributed by atoms with E-state index in [1.54, 1.807) is 23.4 Å². The smallest absolute Gasteiger partial charge is 0.258 e. The highest BCUT2D eigenvalue weighted by Gasteiger charge is 2.20. The van der Waals surface area contributed by atoms with Crippen LogP contribution in [0.2, 0.25) is 5.02 Å².